The van der Waals surface area contributed by atoms with Gasteiger partial charge in [-0.15, -0.1) is 0 Å². The lowest BCUT2D eigenvalue weighted by molar-refractivity contribution is 0.402. The van der Waals surface area contributed by atoms with Gasteiger partial charge in [-0.2, -0.15) is 12.7 Å². The molecule has 0 fully saturated rings. The Morgan fingerprint density at radius 1 is 1.56 bits per heavy atom. The largest absolute Gasteiger partial charge is 0.349 e. The van der Waals surface area contributed by atoms with Gasteiger partial charge in [-0.1, -0.05) is 0 Å². The first kappa shape index (κ1) is 13.1. The van der Waals surface area contributed by atoms with Crippen LogP contribution in [0.3, 0.4) is 0 Å². The standard InChI is InChI=1S/C9H18N4O2S/c1-8(2)13(3)16(14,15)12-5-4-9-10-6-7-11-9/h6-8,12H,4-5H2,1-3H3,(H,10,11). The zero-order chi connectivity index (χ0) is 12.2. The molecule has 1 rings (SSSR count). The van der Waals surface area contributed by atoms with Crippen LogP contribution in [0, 0.1) is 0 Å². The maximum atomic E-state index is 11.7. The molecule has 0 aromatic carbocycles. The quantitative estimate of drug-likeness (QED) is 0.748. The molecular formula is C9H18N4O2S. The SMILES string of the molecule is CC(C)N(C)S(=O)(=O)NCCc1ncc[nH]1. The Balaban J connectivity index is 2.43. The van der Waals surface area contributed by atoms with Crippen molar-refractivity contribution in [1.82, 2.24) is 19.0 Å². The first-order valence-corrected chi connectivity index (χ1v) is 6.58. The Bertz CT molecular complexity index is 399. The molecule has 0 radical (unpaired) electrons. The zero-order valence-corrected chi connectivity index (χ0v) is 10.6. The summed E-state index contributed by atoms with van der Waals surface area (Å²) in [5.74, 6) is 0.773. The van der Waals surface area contributed by atoms with Crippen LogP contribution in [0.25, 0.3) is 0 Å². The molecule has 0 bridgehead atoms. The zero-order valence-electron chi connectivity index (χ0n) is 9.77. The van der Waals surface area contributed by atoms with Crippen molar-refractivity contribution in [3.8, 4) is 0 Å². The van der Waals surface area contributed by atoms with Gasteiger partial charge in [0.25, 0.3) is 10.2 Å². The van der Waals surface area contributed by atoms with Crippen LogP contribution in [0.2, 0.25) is 0 Å². The van der Waals surface area contributed by atoms with Gasteiger partial charge in [-0.05, 0) is 13.8 Å². The molecule has 2 N–H and O–H groups in total. The van der Waals surface area contributed by atoms with Crippen molar-refractivity contribution in [2.75, 3.05) is 13.6 Å². The summed E-state index contributed by atoms with van der Waals surface area (Å²) in [7, 11) is -1.82. The Morgan fingerprint density at radius 3 is 2.75 bits per heavy atom. The van der Waals surface area contributed by atoms with Gasteiger partial charge in [0.05, 0.1) is 0 Å². The van der Waals surface area contributed by atoms with Crippen molar-refractivity contribution in [1.29, 1.82) is 0 Å². The molecule has 0 saturated heterocycles. The van der Waals surface area contributed by atoms with E-state index >= 15 is 0 Å². The van der Waals surface area contributed by atoms with Gasteiger partial charge in [0.1, 0.15) is 5.82 Å². The number of nitrogens with zero attached hydrogens (tertiary/aromatic N) is 2. The molecule has 0 unspecified atom stereocenters. The van der Waals surface area contributed by atoms with Gasteiger partial charge < -0.3 is 4.98 Å². The molecule has 0 aliphatic heterocycles. The lowest BCUT2D eigenvalue weighted by Gasteiger charge is -2.20. The first-order valence-electron chi connectivity index (χ1n) is 5.14. The second-order valence-corrected chi connectivity index (χ2v) is 5.61. The van der Waals surface area contributed by atoms with Gasteiger partial charge in [0.2, 0.25) is 0 Å². The number of H-pyrrole nitrogens is 1. The second kappa shape index (κ2) is 5.42. The van der Waals surface area contributed by atoms with Crippen molar-refractivity contribution in [3.05, 3.63) is 18.2 Å². The molecule has 0 aliphatic rings. The molecule has 0 amide bonds. The van der Waals surface area contributed by atoms with E-state index in [4.69, 9.17) is 0 Å². The van der Waals surface area contributed by atoms with E-state index < -0.39 is 10.2 Å². The van der Waals surface area contributed by atoms with E-state index in [1.807, 2.05) is 13.8 Å². The minimum atomic E-state index is -3.37. The number of hydrogen-bond acceptors (Lipinski definition) is 3. The van der Waals surface area contributed by atoms with Crippen molar-refractivity contribution in [2.45, 2.75) is 26.3 Å². The van der Waals surface area contributed by atoms with Gasteiger partial charge in [0.15, 0.2) is 0 Å². The smallest absolute Gasteiger partial charge is 0.279 e. The molecule has 0 atom stereocenters. The predicted octanol–water partition coefficient (Wildman–Crippen LogP) is 0.127. The van der Waals surface area contributed by atoms with E-state index in [0.29, 0.717) is 13.0 Å². The van der Waals surface area contributed by atoms with Crippen LogP contribution < -0.4 is 4.72 Å². The van der Waals surface area contributed by atoms with Crippen LogP contribution in [0.15, 0.2) is 12.4 Å². The Morgan fingerprint density at radius 2 is 2.25 bits per heavy atom. The first-order chi connectivity index (χ1) is 7.43. The lowest BCUT2D eigenvalue weighted by Crippen LogP contribution is -2.42. The minimum absolute atomic E-state index is 0.0545. The van der Waals surface area contributed by atoms with Crippen molar-refractivity contribution in [3.63, 3.8) is 0 Å². The van der Waals surface area contributed by atoms with Crippen LogP contribution >= 0.6 is 0 Å². The fourth-order valence-electron chi connectivity index (χ4n) is 1.11. The van der Waals surface area contributed by atoms with Crippen LogP contribution in [0.4, 0.5) is 0 Å². The number of imidazole rings is 1. The van der Waals surface area contributed by atoms with E-state index in [1.54, 1.807) is 19.4 Å². The van der Waals surface area contributed by atoms with E-state index in [9.17, 15) is 8.42 Å². The third-order valence-electron chi connectivity index (χ3n) is 2.31. The Hall–Kier alpha value is -0.920. The summed E-state index contributed by atoms with van der Waals surface area (Å²) in [4.78, 5) is 6.93. The number of aromatic amines is 1. The molecule has 6 nitrogen and oxygen atoms in total. The maximum Gasteiger partial charge on any atom is 0.279 e. The molecule has 1 heterocycles. The molecule has 0 aliphatic carbocycles. The lowest BCUT2D eigenvalue weighted by atomic mass is 10.4. The van der Waals surface area contributed by atoms with E-state index in [-0.39, 0.29) is 6.04 Å². The average Bonchev–Trinajstić information content (AvgIpc) is 2.69. The summed E-state index contributed by atoms with van der Waals surface area (Å²) in [6.45, 7) is 3.99. The van der Waals surface area contributed by atoms with Crippen LogP contribution in [-0.4, -0.2) is 42.3 Å². The minimum Gasteiger partial charge on any atom is -0.349 e. The number of hydrogen-bond donors (Lipinski definition) is 2. The average molecular weight is 246 g/mol. The highest BCUT2D eigenvalue weighted by molar-refractivity contribution is 7.87. The maximum absolute atomic E-state index is 11.7. The molecular weight excluding hydrogens is 228 g/mol. The van der Waals surface area contributed by atoms with Crippen LogP contribution in [0.5, 0.6) is 0 Å². The van der Waals surface area contributed by atoms with Crippen LogP contribution in [0.1, 0.15) is 19.7 Å². The molecule has 1 aromatic rings. The van der Waals surface area contributed by atoms with E-state index in [0.717, 1.165) is 5.82 Å². The topological polar surface area (TPSA) is 78.1 Å². The fourth-order valence-corrected chi connectivity index (χ4v) is 2.23. The van der Waals surface area contributed by atoms with E-state index in [2.05, 4.69) is 14.7 Å². The van der Waals surface area contributed by atoms with Gasteiger partial charge in [-0.25, -0.2) is 9.71 Å². The van der Waals surface area contributed by atoms with Crippen molar-refractivity contribution in [2.24, 2.45) is 0 Å². The van der Waals surface area contributed by atoms with Gasteiger partial charge in [-0.3, -0.25) is 0 Å². The molecule has 1 aromatic heterocycles. The summed E-state index contributed by atoms with van der Waals surface area (Å²) >= 11 is 0. The number of nitrogens with one attached hydrogen (secondary N) is 2. The summed E-state index contributed by atoms with van der Waals surface area (Å²) < 4.78 is 27.2. The van der Waals surface area contributed by atoms with Gasteiger partial charge in [0, 0.05) is 38.4 Å². The third kappa shape index (κ3) is 3.58. The normalized spacial score (nSPS) is 12.6. The summed E-state index contributed by atoms with van der Waals surface area (Å²) in [6, 6.07) is -0.0545. The summed E-state index contributed by atoms with van der Waals surface area (Å²) in [6.07, 6.45) is 3.91. The van der Waals surface area contributed by atoms with E-state index in [1.165, 1.54) is 4.31 Å². The molecule has 92 valence electrons. The van der Waals surface area contributed by atoms with Crippen LogP contribution in [-0.2, 0) is 16.6 Å². The fraction of sp³-hybridized carbons (Fsp3) is 0.667. The highest BCUT2D eigenvalue weighted by Gasteiger charge is 2.19. The molecule has 0 spiro atoms. The third-order valence-corrected chi connectivity index (χ3v) is 4.06. The Kier molecular flexibility index (Phi) is 4.45. The molecule has 16 heavy (non-hydrogen) atoms. The molecule has 0 saturated carbocycles. The summed E-state index contributed by atoms with van der Waals surface area (Å²) in [5.41, 5.74) is 0. The monoisotopic (exact) mass is 246 g/mol. The van der Waals surface area contributed by atoms with Crippen molar-refractivity contribution < 1.29 is 8.42 Å². The van der Waals surface area contributed by atoms with Crippen molar-refractivity contribution >= 4 is 10.2 Å². The predicted molar refractivity (Wildman–Crippen MR) is 62.1 cm³/mol. The summed E-state index contributed by atoms with van der Waals surface area (Å²) in [5, 5.41) is 0. The van der Waals surface area contributed by atoms with Gasteiger partial charge >= 0.3 is 0 Å². The highest BCUT2D eigenvalue weighted by Crippen LogP contribution is 2.00. The highest BCUT2D eigenvalue weighted by atomic mass is 32.2. The number of aromatic nitrogens is 2. The second-order valence-electron chi connectivity index (χ2n) is 3.80. The molecule has 7 heteroatoms. The Labute approximate surface area is 96.3 Å². The number of rotatable bonds is 6.